The third kappa shape index (κ3) is 3.59. The van der Waals surface area contributed by atoms with Crippen molar-refractivity contribution in [2.75, 3.05) is 13.7 Å². The first-order valence-electron chi connectivity index (χ1n) is 6.89. The van der Waals surface area contributed by atoms with E-state index in [0.717, 1.165) is 12.3 Å². The summed E-state index contributed by atoms with van der Waals surface area (Å²) >= 11 is 0. The van der Waals surface area contributed by atoms with Gasteiger partial charge in [-0.2, -0.15) is 0 Å². The van der Waals surface area contributed by atoms with Gasteiger partial charge >= 0.3 is 12.0 Å². The number of carboxylic acids is 1. The zero-order chi connectivity index (χ0) is 13.8. The zero-order valence-corrected chi connectivity index (χ0v) is 11.2. The summed E-state index contributed by atoms with van der Waals surface area (Å²) in [5, 5.41) is 14.4. The van der Waals surface area contributed by atoms with E-state index in [-0.39, 0.29) is 18.5 Å². The Kier molecular flexibility index (Phi) is 4.63. The van der Waals surface area contributed by atoms with Crippen LogP contribution in [0.3, 0.4) is 0 Å². The van der Waals surface area contributed by atoms with Crippen molar-refractivity contribution in [2.45, 2.75) is 44.2 Å². The lowest BCUT2D eigenvalue weighted by Gasteiger charge is -2.24. The van der Waals surface area contributed by atoms with Crippen molar-refractivity contribution in [3.63, 3.8) is 0 Å². The van der Waals surface area contributed by atoms with Crippen LogP contribution in [-0.2, 0) is 9.53 Å². The molecule has 2 saturated carbocycles. The van der Waals surface area contributed by atoms with E-state index in [9.17, 15) is 9.59 Å². The van der Waals surface area contributed by atoms with Gasteiger partial charge in [0.15, 0.2) is 0 Å². The second-order valence-corrected chi connectivity index (χ2v) is 5.57. The Morgan fingerprint density at radius 2 is 2.16 bits per heavy atom. The average Bonchev–Trinajstić information content (AvgIpc) is 2.96. The third-order valence-corrected chi connectivity index (χ3v) is 4.27. The van der Waals surface area contributed by atoms with Crippen LogP contribution < -0.4 is 10.6 Å². The maximum absolute atomic E-state index is 11.8. The first kappa shape index (κ1) is 14.1. The Labute approximate surface area is 112 Å². The van der Waals surface area contributed by atoms with Gasteiger partial charge in [-0.15, -0.1) is 0 Å². The van der Waals surface area contributed by atoms with Crippen molar-refractivity contribution >= 4 is 12.0 Å². The number of aliphatic carboxylic acids is 1. The van der Waals surface area contributed by atoms with Crippen LogP contribution in [0.5, 0.6) is 0 Å². The first-order valence-corrected chi connectivity index (χ1v) is 6.89. The number of carbonyl (C=O) groups is 2. The van der Waals surface area contributed by atoms with Gasteiger partial charge in [-0.3, -0.25) is 0 Å². The number of amides is 2. The van der Waals surface area contributed by atoms with E-state index >= 15 is 0 Å². The van der Waals surface area contributed by atoms with Gasteiger partial charge < -0.3 is 20.5 Å². The Hall–Kier alpha value is -1.30. The number of methoxy groups -OCH3 is 1. The minimum absolute atomic E-state index is 0.218. The molecule has 6 nitrogen and oxygen atoms in total. The molecular weight excluding hydrogens is 248 g/mol. The van der Waals surface area contributed by atoms with Crippen molar-refractivity contribution in [1.82, 2.24) is 10.6 Å². The SMILES string of the molecule is COCCC(NC(=O)NC1CC2CCC1C2)C(=O)O. The number of carboxylic acid groups (broad SMARTS) is 1. The molecule has 2 aliphatic rings. The lowest BCUT2D eigenvalue weighted by molar-refractivity contribution is -0.139. The highest BCUT2D eigenvalue weighted by atomic mass is 16.5. The molecule has 3 N–H and O–H groups in total. The number of hydrogen-bond donors (Lipinski definition) is 3. The van der Waals surface area contributed by atoms with Crippen LogP contribution in [0.2, 0.25) is 0 Å². The molecule has 2 fully saturated rings. The molecule has 0 saturated heterocycles. The third-order valence-electron chi connectivity index (χ3n) is 4.27. The van der Waals surface area contributed by atoms with Crippen LogP contribution in [0.25, 0.3) is 0 Å². The van der Waals surface area contributed by atoms with Gasteiger partial charge in [0, 0.05) is 26.2 Å². The lowest BCUT2D eigenvalue weighted by atomic mass is 9.95. The van der Waals surface area contributed by atoms with E-state index < -0.39 is 12.0 Å². The Morgan fingerprint density at radius 1 is 1.37 bits per heavy atom. The molecule has 19 heavy (non-hydrogen) atoms. The topological polar surface area (TPSA) is 87.7 Å². The summed E-state index contributed by atoms with van der Waals surface area (Å²) < 4.78 is 4.84. The minimum atomic E-state index is -1.03. The molecule has 0 spiro atoms. The molecule has 0 aromatic heterocycles. The minimum Gasteiger partial charge on any atom is -0.480 e. The standard InChI is InChI=1S/C13H22N2O4/c1-19-5-4-10(12(16)17)14-13(18)15-11-7-8-2-3-9(11)6-8/h8-11H,2-7H2,1H3,(H,16,17)(H2,14,15,18). The predicted octanol–water partition coefficient (Wildman–Crippen LogP) is 0.964. The normalized spacial score (nSPS) is 30.1. The molecule has 4 atom stereocenters. The maximum atomic E-state index is 11.8. The fourth-order valence-electron chi connectivity index (χ4n) is 3.28. The molecule has 6 heteroatoms. The van der Waals surface area contributed by atoms with Gasteiger partial charge in [0.25, 0.3) is 0 Å². The lowest BCUT2D eigenvalue weighted by Crippen LogP contribution is -2.50. The second-order valence-electron chi connectivity index (χ2n) is 5.57. The number of ether oxygens (including phenoxy) is 1. The summed E-state index contributed by atoms with van der Waals surface area (Å²) in [6.07, 6.45) is 4.97. The van der Waals surface area contributed by atoms with Gasteiger partial charge in [0.2, 0.25) is 0 Å². The largest absolute Gasteiger partial charge is 0.480 e. The second kappa shape index (κ2) is 6.23. The van der Waals surface area contributed by atoms with Crippen molar-refractivity contribution < 1.29 is 19.4 Å². The van der Waals surface area contributed by atoms with E-state index in [0.29, 0.717) is 12.5 Å². The monoisotopic (exact) mass is 270 g/mol. The van der Waals surface area contributed by atoms with E-state index in [2.05, 4.69) is 10.6 Å². The number of rotatable bonds is 6. The molecule has 0 aliphatic heterocycles. The molecule has 2 aliphatic carbocycles. The summed E-state index contributed by atoms with van der Waals surface area (Å²) in [6, 6.07) is -1.05. The summed E-state index contributed by atoms with van der Waals surface area (Å²) in [7, 11) is 1.51. The highest BCUT2D eigenvalue weighted by Crippen LogP contribution is 2.44. The molecule has 2 rings (SSSR count). The Bertz CT molecular complexity index is 348. The summed E-state index contributed by atoms with van der Waals surface area (Å²) in [6.45, 7) is 0.311. The van der Waals surface area contributed by atoms with Crippen LogP contribution >= 0.6 is 0 Å². The van der Waals surface area contributed by atoms with Crippen molar-refractivity contribution in [3.05, 3.63) is 0 Å². The maximum Gasteiger partial charge on any atom is 0.326 e. The fraction of sp³-hybridized carbons (Fsp3) is 0.846. The van der Waals surface area contributed by atoms with Gasteiger partial charge in [0.05, 0.1) is 0 Å². The molecular formula is C13H22N2O4. The van der Waals surface area contributed by atoms with Crippen molar-refractivity contribution in [3.8, 4) is 0 Å². The van der Waals surface area contributed by atoms with E-state index in [1.807, 2.05) is 0 Å². The van der Waals surface area contributed by atoms with Crippen molar-refractivity contribution in [1.29, 1.82) is 0 Å². The van der Waals surface area contributed by atoms with Gasteiger partial charge in [0.1, 0.15) is 6.04 Å². The number of carbonyl (C=O) groups excluding carboxylic acids is 1. The highest BCUT2D eigenvalue weighted by molar-refractivity contribution is 5.82. The molecule has 2 amide bonds. The van der Waals surface area contributed by atoms with E-state index in [1.165, 1.54) is 26.4 Å². The molecule has 2 bridgehead atoms. The van der Waals surface area contributed by atoms with Gasteiger partial charge in [-0.05, 0) is 31.1 Å². The Balaban J connectivity index is 1.77. The van der Waals surface area contributed by atoms with Gasteiger partial charge in [-0.25, -0.2) is 9.59 Å². The van der Waals surface area contributed by atoms with Crippen LogP contribution in [-0.4, -0.2) is 42.9 Å². The number of hydrogen-bond acceptors (Lipinski definition) is 3. The predicted molar refractivity (Wildman–Crippen MR) is 68.8 cm³/mol. The average molecular weight is 270 g/mol. The zero-order valence-electron chi connectivity index (χ0n) is 11.2. The number of fused-ring (bicyclic) bond motifs is 2. The quantitative estimate of drug-likeness (QED) is 0.671. The van der Waals surface area contributed by atoms with E-state index in [4.69, 9.17) is 9.84 Å². The molecule has 0 aromatic rings. The van der Waals surface area contributed by atoms with Crippen molar-refractivity contribution in [2.24, 2.45) is 11.8 Å². The highest BCUT2D eigenvalue weighted by Gasteiger charge is 2.40. The molecule has 4 unspecified atom stereocenters. The van der Waals surface area contributed by atoms with Gasteiger partial charge in [-0.1, -0.05) is 6.42 Å². The Morgan fingerprint density at radius 3 is 2.68 bits per heavy atom. The van der Waals surface area contributed by atoms with Crippen LogP contribution in [0.15, 0.2) is 0 Å². The summed E-state index contributed by atoms with van der Waals surface area (Å²) in [5.74, 6) is 0.303. The smallest absolute Gasteiger partial charge is 0.326 e. The summed E-state index contributed by atoms with van der Waals surface area (Å²) in [5.41, 5.74) is 0. The van der Waals surface area contributed by atoms with Crippen LogP contribution in [0.1, 0.15) is 32.1 Å². The first-order chi connectivity index (χ1) is 9.10. The summed E-state index contributed by atoms with van der Waals surface area (Å²) in [4.78, 5) is 22.8. The van der Waals surface area contributed by atoms with E-state index in [1.54, 1.807) is 0 Å². The van der Waals surface area contributed by atoms with Crippen LogP contribution in [0.4, 0.5) is 4.79 Å². The molecule has 0 aromatic carbocycles. The molecule has 0 heterocycles. The number of urea groups is 1. The van der Waals surface area contributed by atoms with Crippen LogP contribution in [0, 0.1) is 11.8 Å². The molecule has 0 radical (unpaired) electrons. The fourth-order valence-corrected chi connectivity index (χ4v) is 3.28. The number of nitrogens with one attached hydrogen (secondary N) is 2. The molecule has 108 valence electrons.